The van der Waals surface area contributed by atoms with Gasteiger partial charge in [0.05, 0.1) is 24.6 Å². The van der Waals surface area contributed by atoms with Crippen molar-refractivity contribution in [2.45, 2.75) is 18.9 Å². The van der Waals surface area contributed by atoms with E-state index in [1.165, 1.54) is 13.2 Å². The van der Waals surface area contributed by atoms with Crippen molar-refractivity contribution >= 4 is 17.8 Å². The topological polar surface area (TPSA) is 106 Å². The fraction of sp³-hybridized carbons (Fsp3) is 0.261. The van der Waals surface area contributed by atoms with Gasteiger partial charge in [-0.05, 0) is 43.2 Å². The maximum absolute atomic E-state index is 12.8. The monoisotopic (exact) mass is 433 g/mol. The Morgan fingerprint density at radius 1 is 1.00 bits per heavy atom. The maximum atomic E-state index is 12.8. The molecular weight excluding hydrogens is 410 g/mol. The number of ether oxygens (including phenoxy) is 1. The Morgan fingerprint density at radius 2 is 1.72 bits per heavy atom. The summed E-state index contributed by atoms with van der Waals surface area (Å²) in [6.45, 7) is 1.01. The number of hydrogen-bond donors (Lipinski definition) is 1. The molecule has 9 nitrogen and oxygen atoms in total. The van der Waals surface area contributed by atoms with Crippen molar-refractivity contribution in [1.82, 2.24) is 25.2 Å². The predicted molar refractivity (Wildman–Crippen MR) is 116 cm³/mol. The van der Waals surface area contributed by atoms with E-state index in [0.29, 0.717) is 37.1 Å². The Balaban J connectivity index is 1.32. The number of hydrogen-bond acceptors (Lipinski definition) is 6. The van der Waals surface area contributed by atoms with Crippen LogP contribution in [0.3, 0.4) is 0 Å². The first kappa shape index (κ1) is 21.2. The molecule has 1 aromatic heterocycles. The van der Waals surface area contributed by atoms with Crippen molar-refractivity contribution < 1.29 is 19.1 Å². The smallest absolute Gasteiger partial charge is 0.337 e. The third-order valence-corrected chi connectivity index (χ3v) is 5.40. The van der Waals surface area contributed by atoms with Gasteiger partial charge in [0.1, 0.15) is 0 Å². The Labute approximate surface area is 185 Å². The van der Waals surface area contributed by atoms with Crippen LogP contribution in [0.5, 0.6) is 0 Å². The lowest BCUT2D eigenvalue weighted by molar-refractivity contribution is 0.0600. The number of nitrogens with zero attached hydrogens (tertiary/aromatic N) is 4. The van der Waals surface area contributed by atoms with Crippen molar-refractivity contribution in [3.05, 3.63) is 77.6 Å². The molecule has 32 heavy (non-hydrogen) atoms. The zero-order valence-corrected chi connectivity index (χ0v) is 17.6. The number of para-hydroxylation sites is 1. The summed E-state index contributed by atoms with van der Waals surface area (Å²) in [7, 11) is 1.30. The van der Waals surface area contributed by atoms with E-state index in [9.17, 15) is 14.4 Å². The van der Waals surface area contributed by atoms with Crippen LogP contribution in [0, 0.1) is 0 Å². The van der Waals surface area contributed by atoms with Crippen LogP contribution in [0.2, 0.25) is 0 Å². The van der Waals surface area contributed by atoms with Gasteiger partial charge in [-0.25, -0.2) is 9.48 Å². The van der Waals surface area contributed by atoms with Gasteiger partial charge in [-0.2, -0.15) is 0 Å². The van der Waals surface area contributed by atoms with E-state index >= 15 is 0 Å². The Kier molecular flexibility index (Phi) is 6.25. The maximum Gasteiger partial charge on any atom is 0.337 e. The molecule has 164 valence electrons. The van der Waals surface area contributed by atoms with Crippen molar-refractivity contribution in [2.75, 3.05) is 20.2 Å². The van der Waals surface area contributed by atoms with Crippen LogP contribution in [0.15, 0.2) is 60.8 Å². The minimum atomic E-state index is -0.490. The number of piperidine rings is 1. The van der Waals surface area contributed by atoms with E-state index < -0.39 is 5.97 Å². The highest BCUT2D eigenvalue weighted by Gasteiger charge is 2.26. The largest absolute Gasteiger partial charge is 0.465 e. The van der Waals surface area contributed by atoms with Crippen LogP contribution in [-0.4, -0.2) is 63.9 Å². The first-order valence-electron chi connectivity index (χ1n) is 10.3. The highest BCUT2D eigenvalue weighted by atomic mass is 16.5. The van der Waals surface area contributed by atoms with Gasteiger partial charge < -0.3 is 15.0 Å². The Hall–Kier alpha value is -4.01. The number of methoxy groups -OCH3 is 1. The third kappa shape index (κ3) is 4.66. The molecule has 0 aliphatic carbocycles. The number of esters is 1. The number of amides is 2. The number of carbonyl (C=O) groups excluding carboxylic acids is 3. The molecule has 0 unspecified atom stereocenters. The van der Waals surface area contributed by atoms with E-state index in [-0.39, 0.29) is 23.6 Å². The Bertz CT molecular complexity index is 1120. The fourth-order valence-electron chi connectivity index (χ4n) is 3.63. The number of nitrogens with one attached hydrogen (secondary N) is 1. The van der Waals surface area contributed by atoms with Gasteiger partial charge in [0.2, 0.25) is 0 Å². The highest BCUT2D eigenvalue weighted by Crippen LogP contribution is 2.15. The van der Waals surface area contributed by atoms with Gasteiger partial charge in [-0.3, -0.25) is 9.59 Å². The van der Waals surface area contributed by atoms with Crippen LogP contribution in [0.1, 0.15) is 44.0 Å². The second kappa shape index (κ2) is 9.42. The van der Waals surface area contributed by atoms with E-state index in [1.807, 2.05) is 30.3 Å². The van der Waals surface area contributed by atoms with Crippen LogP contribution in [0.4, 0.5) is 0 Å². The van der Waals surface area contributed by atoms with Gasteiger partial charge in [0.25, 0.3) is 11.8 Å². The van der Waals surface area contributed by atoms with E-state index in [4.69, 9.17) is 4.74 Å². The molecule has 1 aliphatic heterocycles. The zero-order chi connectivity index (χ0) is 22.5. The molecule has 2 aromatic carbocycles. The third-order valence-electron chi connectivity index (χ3n) is 5.40. The quantitative estimate of drug-likeness (QED) is 0.618. The minimum absolute atomic E-state index is 0.0617. The van der Waals surface area contributed by atoms with Crippen LogP contribution in [-0.2, 0) is 4.74 Å². The lowest BCUT2D eigenvalue weighted by Crippen LogP contribution is -2.46. The van der Waals surface area contributed by atoms with E-state index in [1.54, 1.807) is 34.0 Å². The normalized spacial score (nSPS) is 14.1. The summed E-state index contributed by atoms with van der Waals surface area (Å²) in [5.74, 6) is -0.926. The van der Waals surface area contributed by atoms with Gasteiger partial charge in [-0.15, -0.1) is 5.10 Å². The summed E-state index contributed by atoms with van der Waals surface area (Å²) < 4.78 is 6.27. The second-order valence-corrected chi connectivity index (χ2v) is 7.50. The van der Waals surface area contributed by atoms with Crippen molar-refractivity contribution in [2.24, 2.45) is 0 Å². The summed E-state index contributed by atoms with van der Waals surface area (Å²) in [5, 5.41) is 11.0. The molecule has 0 radical (unpaired) electrons. The van der Waals surface area contributed by atoms with E-state index in [2.05, 4.69) is 15.6 Å². The second-order valence-electron chi connectivity index (χ2n) is 7.50. The molecule has 2 heterocycles. The van der Waals surface area contributed by atoms with Gasteiger partial charge in [0, 0.05) is 24.7 Å². The molecule has 0 saturated carbocycles. The number of aromatic nitrogens is 3. The van der Waals surface area contributed by atoms with Crippen LogP contribution in [0.25, 0.3) is 5.69 Å². The summed E-state index contributed by atoms with van der Waals surface area (Å²) in [5.41, 5.74) is 1.83. The van der Waals surface area contributed by atoms with Crippen molar-refractivity contribution in [1.29, 1.82) is 0 Å². The molecule has 0 atom stereocenters. The molecule has 9 heteroatoms. The molecule has 3 aromatic rings. The molecule has 2 amide bonds. The standard InChI is InChI=1S/C23H23N5O4/c1-32-23(31)17-7-5-6-16(14-17)21(29)24-18-10-12-27(13-11-18)22(30)20-15-28(26-25-20)19-8-3-2-4-9-19/h2-9,14-15,18H,10-13H2,1H3,(H,24,29). The first-order valence-corrected chi connectivity index (χ1v) is 10.3. The van der Waals surface area contributed by atoms with Gasteiger partial charge >= 0.3 is 5.97 Å². The molecule has 1 aliphatic rings. The fourth-order valence-corrected chi connectivity index (χ4v) is 3.63. The lowest BCUT2D eigenvalue weighted by atomic mass is 10.0. The summed E-state index contributed by atoms with van der Waals surface area (Å²) >= 11 is 0. The summed E-state index contributed by atoms with van der Waals surface area (Å²) in [6, 6.07) is 15.8. The predicted octanol–water partition coefficient (Wildman–Crippen LogP) is 2.09. The average molecular weight is 433 g/mol. The molecule has 0 spiro atoms. The zero-order valence-electron chi connectivity index (χ0n) is 17.6. The molecule has 1 saturated heterocycles. The van der Waals surface area contributed by atoms with E-state index in [0.717, 1.165) is 5.69 Å². The molecular formula is C23H23N5O4. The SMILES string of the molecule is COC(=O)c1cccc(C(=O)NC2CCN(C(=O)c3cn(-c4ccccc4)nn3)CC2)c1. The number of benzene rings is 2. The summed E-state index contributed by atoms with van der Waals surface area (Å²) in [4.78, 5) is 38.8. The lowest BCUT2D eigenvalue weighted by Gasteiger charge is -2.31. The molecule has 4 rings (SSSR count). The summed E-state index contributed by atoms with van der Waals surface area (Å²) in [6.07, 6.45) is 2.88. The minimum Gasteiger partial charge on any atom is -0.465 e. The van der Waals surface area contributed by atoms with Crippen LogP contribution >= 0.6 is 0 Å². The van der Waals surface area contributed by atoms with Crippen LogP contribution < -0.4 is 5.32 Å². The first-order chi connectivity index (χ1) is 15.5. The number of rotatable bonds is 5. The van der Waals surface area contributed by atoms with Crippen molar-refractivity contribution in [3.63, 3.8) is 0 Å². The molecule has 1 fully saturated rings. The highest BCUT2D eigenvalue weighted by molar-refractivity contribution is 5.98. The average Bonchev–Trinajstić information content (AvgIpc) is 3.34. The number of carbonyl (C=O) groups is 3. The van der Waals surface area contributed by atoms with Gasteiger partial charge in [0.15, 0.2) is 5.69 Å². The Morgan fingerprint density at radius 3 is 2.44 bits per heavy atom. The number of likely N-dealkylation sites (tertiary alicyclic amines) is 1. The van der Waals surface area contributed by atoms with Gasteiger partial charge in [-0.1, -0.05) is 29.5 Å². The molecule has 1 N–H and O–H groups in total. The molecule has 0 bridgehead atoms. The van der Waals surface area contributed by atoms with Crippen molar-refractivity contribution in [3.8, 4) is 5.69 Å².